The van der Waals surface area contributed by atoms with Gasteiger partial charge in [0.15, 0.2) is 0 Å². The SMILES string of the molecule is C[C@H]1C[C@H](C)CN(CC(=O)N2C[C@H](c3ccc(Cl)cc3)[C@@H](c3csnn3)C2)C1. The molecule has 2 fully saturated rings. The predicted octanol–water partition coefficient (Wildman–Crippen LogP) is 3.88. The minimum Gasteiger partial charge on any atom is -0.340 e. The van der Waals surface area contributed by atoms with Crippen molar-refractivity contribution >= 4 is 29.0 Å². The molecule has 1 amide bonds. The summed E-state index contributed by atoms with van der Waals surface area (Å²) in [5.74, 6) is 1.95. The Morgan fingerprint density at radius 2 is 1.79 bits per heavy atom. The number of likely N-dealkylation sites (tertiary alicyclic amines) is 2. The number of carbonyl (C=O) groups is 1. The molecule has 0 unspecified atom stereocenters. The summed E-state index contributed by atoms with van der Waals surface area (Å²) in [6, 6.07) is 7.99. The van der Waals surface area contributed by atoms with Gasteiger partial charge in [0.1, 0.15) is 0 Å². The summed E-state index contributed by atoms with van der Waals surface area (Å²) in [6.07, 6.45) is 1.26. The van der Waals surface area contributed by atoms with Crippen molar-refractivity contribution < 1.29 is 4.79 Å². The second-order valence-corrected chi connectivity index (χ2v) is 9.58. The zero-order chi connectivity index (χ0) is 19.7. The molecule has 28 heavy (non-hydrogen) atoms. The largest absolute Gasteiger partial charge is 0.340 e. The molecule has 4 rings (SSSR count). The molecule has 0 bridgehead atoms. The molecule has 7 heteroatoms. The minimum atomic E-state index is 0.183. The van der Waals surface area contributed by atoms with E-state index in [1.807, 2.05) is 22.4 Å². The van der Waals surface area contributed by atoms with Gasteiger partial charge in [-0.15, -0.1) is 5.10 Å². The molecule has 2 aliphatic heterocycles. The third-order valence-corrected chi connectivity index (χ3v) is 6.81. The van der Waals surface area contributed by atoms with Crippen LogP contribution in [0.1, 0.15) is 43.4 Å². The highest BCUT2D eigenvalue weighted by Crippen LogP contribution is 2.39. The molecule has 3 heterocycles. The molecule has 2 aliphatic rings. The summed E-state index contributed by atoms with van der Waals surface area (Å²) in [7, 11) is 0. The van der Waals surface area contributed by atoms with Gasteiger partial charge in [0.25, 0.3) is 0 Å². The van der Waals surface area contributed by atoms with E-state index in [1.54, 1.807) is 0 Å². The van der Waals surface area contributed by atoms with Crippen molar-refractivity contribution in [3.8, 4) is 0 Å². The van der Waals surface area contributed by atoms with E-state index in [9.17, 15) is 4.79 Å². The van der Waals surface area contributed by atoms with Gasteiger partial charge in [-0.1, -0.05) is 42.1 Å². The lowest BCUT2D eigenvalue weighted by Crippen LogP contribution is -2.45. The van der Waals surface area contributed by atoms with E-state index in [1.165, 1.54) is 23.5 Å². The maximum Gasteiger partial charge on any atom is 0.236 e. The number of carbonyl (C=O) groups excluding carboxylic acids is 1. The van der Waals surface area contributed by atoms with Crippen LogP contribution in [0, 0.1) is 11.8 Å². The molecule has 0 spiro atoms. The van der Waals surface area contributed by atoms with Crippen molar-refractivity contribution in [1.29, 1.82) is 0 Å². The number of hydrogen-bond acceptors (Lipinski definition) is 5. The molecule has 1 aromatic carbocycles. The van der Waals surface area contributed by atoms with Crippen LogP contribution in [0.3, 0.4) is 0 Å². The third kappa shape index (κ3) is 4.39. The Hall–Kier alpha value is -1.50. The molecule has 2 aromatic rings. The van der Waals surface area contributed by atoms with Crippen LogP contribution < -0.4 is 0 Å². The van der Waals surface area contributed by atoms with Gasteiger partial charge in [0.2, 0.25) is 5.91 Å². The fraction of sp³-hybridized carbons (Fsp3) is 0.571. The Morgan fingerprint density at radius 3 is 2.43 bits per heavy atom. The molecular weight excluding hydrogens is 392 g/mol. The second-order valence-electron chi connectivity index (χ2n) is 8.53. The zero-order valence-electron chi connectivity index (χ0n) is 16.4. The highest BCUT2D eigenvalue weighted by atomic mass is 35.5. The van der Waals surface area contributed by atoms with Crippen molar-refractivity contribution in [2.45, 2.75) is 32.1 Å². The Bertz CT molecular complexity index is 787. The number of nitrogens with zero attached hydrogens (tertiary/aromatic N) is 4. The fourth-order valence-electron chi connectivity index (χ4n) is 4.90. The Morgan fingerprint density at radius 1 is 1.11 bits per heavy atom. The lowest BCUT2D eigenvalue weighted by Gasteiger charge is -2.35. The van der Waals surface area contributed by atoms with E-state index in [-0.39, 0.29) is 17.7 Å². The van der Waals surface area contributed by atoms with Crippen LogP contribution in [0.5, 0.6) is 0 Å². The first-order valence-electron chi connectivity index (χ1n) is 10.0. The predicted molar refractivity (Wildman–Crippen MR) is 113 cm³/mol. The van der Waals surface area contributed by atoms with Gasteiger partial charge in [-0.2, -0.15) is 0 Å². The van der Waals surface area contributed by atoms with E-state index in [0.717, 1.165) is 30.4 Å². The number of aromatic nitrogens is 2. The zero-order valence-corrected chi connectivity index (χ0v) is 18.0. The summed E-state index contributed by atoms with van der Waals surface area (Å²) in [4.78, 5) is 17.5. The number of piperidine rings is 1. The molecule has 1 aromatic heterocycles. The molecule has 4 atom stereocenters. The van der Waals surface area contributed by atoms with Crippen molar-refractivity contribution in [2.24, 2.45) is 11.8 Å². The lowest BCUT2D eigenvalue weighted by molar-refractivity contribution is -0.132. The first-order valence-corrected chi connectivity index (χ1v) is 11.2. The Kier molecular flexibility index (Phi) is 5.99. The maximum atomic E-state index is 13.1. The van der Waals surface area contributed by atoms with Gasteiger partial charge in [0, 0.05) is 48.4 Å². The summed E-state index contributed by atoms with van der Waals surface area (Å²) in [5, 5.41) is 7.06. The van der Waals surface area contributed by atoms with Crippen molar-refractivity contribution in [2.75, 3.05) is 32.7 Å². The van der Waals surface area contributed by atoms with Crippen LogP contribution >= 0.6 is 23.1 Å². The Balaban J connectivity index is 1.49. The number of rotatable bonds is 4. The summed E-state index contributed by atoms with van der Waals surface area (Å²) >= 11 is 7.45. The fourth-order valence-corrected chi connectivity index (χ4v) is 5.55. The van der Waals surface area contributed by atoms with E-state index >= 15 is 0 Å². The standard InChI is InChI=1S/C21H27ClN4OS/c1-14-7-15(2)9-25(8-14)12-21(27)26-10-18(16-3-5-17(22)6-4-16)19(11-26)20-13-28-24-23-20/h3-6,13-15,18-19H,7-12H2,1-2H3/t14-,15-,18+,19-/m0/s1. The molecular formula is C21H27ClN4OS. The van der Waals surface area contributed by atoms with Crippen LogP contribution in [0.2, 0.25) is 5.02 Å². The molecule has 5 nitrogen and oxygen atoms in total. The van der Waals surface area contributed by atoms with E-state index < -0.39 is 0 Å². The quantitative estimate of drug-likeness (QED) is 0.756. The maximum absolute atomic E-state index is 13.1. The number of benzene rings is 1. The van der Waals surface area contributed by atoms with Gasteiger partial charge in [0.05, 0.1) is 12.2 Å². The van der Waals surface area contributed by atoms with Crippen LogP contribution in [-0.4, -0.2) is 58.0 Å². The molecule has 150 valence electrons. The normalized spacial score (nSPS) is 28.6. The molecule has 0 N–H and O–H groups in total. The van der Waals surface area contributed by atoms with Gasteiger partial charge in [-0.3, -0.25) is 9.69 Å². The number of amides is 1. The molecule has 0 saturated carbocycles. The van der Waals surface area contributed by atoms with E-state index in [0.29, 0.717) is 24.9 Å². The van der Waals surface area contributed by atoms with Crippen LogP contribution in [0.15, 0.2) is 29.6 Å². The number of halogens is 1. The van der Waals surface area contributed by atoms with Gasteiger partial charge in [-0.25, -0.2) is 0 Å². The summed E-state index contributed by atoms with van der Waals surface area (Å²) in [6.45, 7) is 8.55. The molecule has 0 radical (unpaired) electrons. The van der Waals surface area contributed by atoms with Crippen LogP contribution in [0.4, 0.5) is 0 Å². The van der Waals surface area contributed by atoms with E-state index in [2.05, 4.69) is 40.5 Å². The second kappa shape index (κ2) is 8.47. The Labute approximate surface area is 175 Å². The van der Waals surface area contributed by atoms with Crippen molar-refractivity contribution in [1.82, 2.24) is 19.4 Å². The first kappa shape index (κ1) is 19.8. The van der Waals surface area contributed by atoms with E-state index in [4.69, 9.17) is 11.6 Å². The lowest BCUT2D eigenvalue weighted by atomic mass is 9.87. The molecule has 0 aliphatic carbocycles. The monoisotopic (exact) mass is 418 g/mol. The topological polar surface area (TPSA) is 49.3 Å². The summed E-state index contributed by atoms with van der Waals surface area (Å²) < 4.78 is 4.05. The highest BCUT2D eigenvalue weighted by molar-refractivity contribution is 7.03. The molecule has 2 saturated heterocycles. The van der Waals surface area contributed by atoms with Gasteiger partial charge >= 0.3 is 0 Å². The highest BCUT2D eigenvalue weighted by Gasteiger charge is 2.39. The van der Waals surface area contributed by atoms with Gasteiger partial charge < -0.3 is 4.90 Å². The van der Waals surface area contributed by atoms with Crippen molar-refractivity contribution in [3.63, 3.8) is 0 Å². The number of hydrogen-bond donors (Lipinski definition) is 0. The van der Waals surface area contributed by atoms with Crippen LogP contribution in [0.25, 0.3) is 0 Å². The van der Waals surface area contributed by atoms with Gasteiger partial charge in [-0.05, 0) is 47.5 Å². The average Bonchev–Trinajstić information content (AvgIpc) is 3.31. The first-order chi connectivity index (χ1) is 13.5. The van der Waals surface area contributed by atoms with Crippen LogP contribution in [-0.2, 0) is 4.79 Å². The summed E-state index contributed by atoms with van der Waals surface area (Å²) in [5.41, 5.74) is 2.19. The minimum absolute atomic E-state index is 0.183. The average molecular weight is 419 g/mol. The van der Waals surface area contributed by atoms with Crippen molar-refractivity contribution in [3.05, 3.63) is 45.9 Å². The smallest absolute Gasteiger partial charge is 0.236 e. The third-order valence-electron chi connectivity index (χ3n) is 6.03.